The topological polar surface area (TPSA) is 114 Å². The zero-order valence-electron chi connectivity index (χ0n) is 19.1. The number of phenols is 1. The van der Waals surface area contributed by atoms with Gasteiger partial charge in [-0.25, -0.2) is 9.97 Å². The molecule has 9 nitrogen and oxygen atoms in total. The van der Waals surface area contributed by atoms with Crippen LogP contribution in [0.15, 0.2) is 48.5 Å². The Balaban J connectivity index is 1.47. The Morgan fingerprint density at radius 2 is 1.74 bits per heavy atom. The van der Waals surface area contributed by atoms with E-state index in [-0.39, 0.29) is 23.3 Å². The van der Waals surface area contributed by atoms with E-state index in [1.54, 1.807) is 23.1 Å². The number of phenolic OH excluding ortho intramolecular Hbond substituents is 1. The Kier molecular flexibility index (Phi) is 6.07. The third-order valence-electron chi connectivity index (χ3n) is 6.24. The molecule has 9 heteroatoms. The first kappa shape index (κ1) is 21.8. The monoisotopic (exact) mass is 459 g/mol. The van der Waals surface area contributed by atoms with E-state index >= 15 is 0 Å². The lowest BCUT2D eigenvalue weighted by Crippen LogP contribution is -2.27. The Labute approximate surface area is 198 Å². The Bertz CT molecular complexity index is 1180. The van der Waals surface area contributed by atoms with Gasteiger partial charge in [0.15, 0.2) is 29.0 Å². The number of rotatable bonds is 7. The molecule has 3 heterocycles. The van der Waals surface area contributed by atoms with Crippen molar-refractivity contribution < 1.29 is 9.90 Å². The number of likely N-dealkylation sites (tertiary alicyclic amines) is 1. The largest absolute Gasteiger partial charge is 0.505 e. The number of amides is 1. The summed E-state index contributed by atoms with van der Waals surface area (Å²) < 4.78 is 0. The summed E-state index contributed by atoms with van der Waals surface area (Å²) in [5.41, 5.74) is 1.83. The summed E-state index contributed by atoms with van der Waals surface area (Å²) in [4.78, 5) is 24.1. The van der Waals surface area contributed by atoms with Gasteiger partial charge >= 0.3 is 0 Å². The standard InChI is InChI=1S/C25H29N7O2/c1-2-18(16-9-4-3-5-10-16)28-23-24(31-22-21(30-23)26-15-27-22)29-19-12-8-11-17(20(19)33)25(34)32-13-6-7-14-32/h3-5,8-12,18,33H,2,6-7,13-15H2,1H3,(H2,26,28,30)(H2,27,29,31)/t18-/m1/s1. The van der Waals surface area contributed by atoms with E-state index in [1.165, 1.54) is 0 Å². The van der Waals surface area contributed by atoms with Crippen molar-refractivity contribution in [2.24, 2.45) is 0 Å². The number of fused-ring (bicyclic) bond motifs is 1. The van der Waals surface area contributed by atoms with E-state index in [4.69, 9.17) is 9.97 Å². The van der Waals surface area contributed by atoms with Crippen LogP contribution in [0.3, 0.4) is 0 Å². The fraction of sp³-hybridized carbons (Fsp3) is 0.320. The van der Waals surface area contributed by atoms with Gasteiger partial charge in [0.25, 0.3) is 5.91 Å². The Morgan fingerprint density at radius 3 is 2.44 bits per heavy atom. The van der Waals surface area contributed by atoms with Crippen molar-refractivity contribution in [3.05, 3.63) is 59.7 Å². The molecule has 0 unspecified atom stereocenters. The van der Waals surface area contributed by atoms with Crippen LogP contribution >= 0.6 is 0 Å². The number of anilines is 5. The summed E-state index contributed by atoms with van der Waals surface area (Å²) in [5.74, 6) is 2.07. The van der Waals surface area contributed by atoms with Crippen molar-refractivity contribution >= 4 is 34.9 Å². The number of hydrogen-bond donors (Lipinski definition) is 5. The van der Waals surface area contributed by atoms with Gasteiger partial charge < -0.3 is 31.3 Å². The molecule has 0 saturated carbocycles. The van der Waals surface area contributed by atoms with Crippen molar-refractivity contribution in [2.75, 3.05) is 41.0 Å². The minimum atomic E-state index is -0.155. The van der Waals surface area contributed by atoms with Crippen molar-refractivity contribution in [3.63, 3.8) is 0 Å². The minimum absolute atomic E-state index is 0.0279. The predicted molar refractivity (Wildman–Crippen MR) is 134 cm³/mol. The maximum Gasteiger partial charge on any atom is 0.257 e. The van der Waals surface area contributed by atoms with Crippen molar-refractivity contribution in [1.82, 2.24) is 14.9 Å². The highest BCUT2D eigenvalue weighted by molar-refractivity contribution is 5.99. The van der Waals surface area contributed by atoms with Gasteiger partial charge in [0.2, 0.25) is 0 Å². The molecule has 5 rings (SSSR count). The number of carbonyl (C=O) groups excluding carboxylic acids is 1. The van der Waals surface area contributed by atoms with E-state index in [0.717, 1.165) is 37.9 Å². The molecule has 0 radical (unpaired) electrons. The molecule has 3 aromatic rings. The van der Waals surface area contributed by atoms with Crippen LogP contribution < -0.4 is 21.3 Å². The van der Waals surface area contributed by atoms with Gasteiger partial charge in [-0.3, -0.25) is 4.79 Å². The molecule has 1 saturated heterocycles. The molecule has 34 heavy (non-hydrogen) atoms. The van der Waals surface area contributed by atoms with Crippen LogP contribution in [0.2, 0.25) is 0 Å². The molecule has 1 amide bonds. The minimum Gasteiger partial charge on any atom is -0.505 e. The zero-order chi connectivity index (χ0) is 23.5. The van der Waals surface area contributed by atoms with Crippen molar-refractivity contribution in [3.8, 4) is 5.75 Å². The number of benzene rings is 2. The van der Waals surface area contributed by atoms with Crippen LogP contribution in [0.4, 0.5) is 29.0 Å². The predicted octanol–water partition coefficient (Wildman–Crippen LogP) is 4.52. The quantitative estimate of drug-likeness (QED) is 0.328. The summed E-state index contributed by atoms with van der Waals surface area (Å²) in [6.45, 7) is 4.09. The third-order valence-corrected chi connectivity index (χ3v) is 6.24. The molecule has 176 valence electrons. The maximum absolute atomic E-state index is 12.9. The highest BCUT2D eigenvalue weighted by atomic mass is 16.3. The number of nitrogens with one attached hydrogen (secondary N) is 4. The third kappa shape index (κ3) is 4.28. The zero-order valence-corrected chi connectivity index (χ0v) is 19.1. The molecule has 2 aliphatic rings. The second-order valence-corrected chi connectivity index (χ2v) is 8.49. The van der Waals surface area contributed by atoms with Crippen LogP contribution in [0, 0.1) is 0 Å². The average Bonchev–Trinajstić information content (AvgIpc) is 3.56. The fourth-order valence-electron chi connectivity index (χ4n) is 4.39. The average molecular weight is 460 g/mol. The van der Waals surface area contributed by atoms with Gasteiger partial charge in [-0.05, 0) is 37.0 Å². The lowest BCUT2D eigenvalue weighted by Gasteiger charge is -2.21. The highest BCUT2D eigenvalue weighted by Crippen LogP contribution is 2.36. The van der Waals surface area contributed by atoms with Crippen LogP contribution in [0.5, 0.6) is 5.75 Å². The molecule has 2 aliphatic heterocycles. The number of aromatic hydroxyl groups is 1. The summed E-state index contributed by atoms with van der Waals surface area (Å²) >= 11 is 0. The van der Waals surface area contributed by atoms with E-state index in [1.807, 2.05) is 18.2 Å². The van der Waals surface area contributed by atoms with E-state index < -0.39 is 0 Å². The molecule has 0 spiro atoms. The number of carbonyl (C=O) groups is 1. The molecule has 1 fully saturated rings. The highest BCUT2D eigenvalue weighted by Gasteiger charge is 2.25. The normalized spacial score (nSPS) is 15.3. The Morgan fingerprint density at radius 1 is 1.03 bits per heavy atom. The number of hydrogen-bond acceptors (Lipinski definition) is 8. The van der Waals surface area contributed by atoms with Gasteiger partial charge in [0, 0.05) is 13.1 Å². The molecule has 1 atom stereocenters. The van der Waals surface area contributed by atoms with Crippen molar-refractivity contribution in [1.29, 1.82) is 0 Å². The smallest absolute Gasteiger partial charge is 0.257 e. The molecule has 1 aromatic heterocycles. The van der Waals surface area contributed by atoms with Crippen LogP contribution in [0.25, 0.3) is 0 Å². The summed E-state index contributed by atoms with van der Waals surface area (Å²) in [6, 6.07) is 15.4. The second kappa shape index (κ2) is 9.46. The Hall–Kier alpha value is -4.01. The number of nitrogens with zero attached hydrogens (tertiary/aromatic N) is 3. The molecule has 0 bridgehead atoms. The number of para-hydroxylation sites is 1. The van der Waals surface area contributed by atoms with Gasteiger partial charge in [-0.15, -0.1) is 0 Å². The SMILES string of the molecule is CC[C@@H](Nc1nc2c(nc1Nc1cccc(C(=O)N3CCCC3)c1O)NCN2)c1ccccc1. The molecular formula is C25H29N7O2. The first-order valence-corrected chi connectivity index (χ1v) is 11.7. The first-order valence-electron chi connectivity index (χ1n) is 11.7. The lowest BCUT2D eigenvalue weighted by molar-refractivity contribution is 0.0790. The summed E-state index contributed by atoms with van der Waals surface area (Å²) in [7, 11) is 0. The molecule has 0 aliphatic carbocycles. The maximum atomic E-state index is 12.9. The fourth-order valence-corrected chi connectivity index (χ4v) is 4.39. The van der Waals surface area contributed by atoms with E-state index in [0.29, 0.717) is 35.6 Å². The van der Waals surface area contributed by atoms with Crippen LogP contribution in [0.1, 0.15) is 48.1 Å². The van der Waals surface area contributed by atoms with Gasteiger partial charge in [-0.1, -0.05) is 43.3 Å². The van der Waals surface area contributed by atoms with Crippen LogP contribution in [-0.4, -0.2) is 45.6 Å². The second-order valence-electron chi connectivity index (χ2n) is 8.49. The summed E-state index contributed by atoms with van der Waals surface area (Å²) in [6.07, 6.45) is 2.83. The number of aromatic nitrogens is 2. The molecule has 5 N–H and O–H groups in total. The van der Waals surface area contributed by atoms with E-state index in [2.05, 4.69) is 40.3 Å². The first-order chi connectivity index (χ1) is 16.6. The van der Waals surface area contributed by atoms with Gasteiger partial charge in [-0.2, -0.15) is 0 Å². The molecule has 2 aromatic carbocycles. The van der Waals surface area contributed by atoms with Crippen LogP contribution in [-0.2, 0) is 0 Å². The van der Waals surface area contributed by atoms with Crippen molar-refractivity contribution in [2.45, 2.75) is 32.2 Å². The molecular weight excluding hydrogens is 430 g/mol. The van der Waals surface area contributed by atoms with Gasteiger partial charge in [0.1, 0.15) is 0 Å². The lowest BCUT2D eigenvalue weighted by atomic mass is 10.0. The van der Waals surface area contributed by atoms with E-state index in [9.17, 15) is 9.90 Å². The van der Waals surface area contributed by atoms with Gasteiger partial charge in [0.05, 0.1) is 24.0 Å². The summed E-state index contributed by atoms with van der Waals surface area (Å²) in [5, 5.41) is 24.0.